The molecule has 2 N–H and O–H groups in total. The molecule has 43 heavy (non-hydrogen) atoms. The van der Waals surface area contributed by atoms with E-state index in [4.69, 9.17) is 9.47 Å². The van der Waals surface area contributed by atoms with Gasteiger partial charge >= 0.3 is 12.1 Å². The molecular weight excluding hydrogens is 546 g/mol. The summed E-state index contributed by atoms with van der Waals surface area (Å²) in [5.74, 6) is -0.809. The molecule has 3 aliphatic rings. The number of rotatable bonds is 8. The number of nitrogens with zero attached hydrogens (tertiary/aromatic N) is 1. The second kappa shape index (κ2) is 13.7. The first-order valence-electron chi connectivity index (χ1n) is 16.1. The summed E-state index contributed by atoms with van der Waals surface area (Å²) in [5, 5.41) is 5.87. The van der Waals surface area contributed by atoms with Crippen molar-refractivity contribution in [1.82, 2.24) is 15.5 Å². The van der Waals surface area contributed by atoms with Crippen LogP contribution >= 0.6 is 0 Å². The molecule has 2 aliphatic carbocycles. The van der Waals surface area contributed by atoms with Crippen molar-refractivity contribution in [1.29, 1.82) is 0 Å². The quantitative estimate of drug-likeness (QED) is 0.390. The van der Waals surface area contributed by atoms with Crippen LogP contribution in [0.2, 0.25) is 0 Å². The molecule has 0 radical (unpaired) electrons. The van der Waals surface area contributed by atoms with Gasteiger partial charge in [-0.15, -0.1) is 0 Å². The molecule has 1 aromatic carbocycles. The smallest absolute Gasteiger partial charge is 0.408 e. The van der Waals surface area contributed by atoms with Crippen molar-refractivity contribution in [2.24, 2.45) is 23.2 Å². The molecule has 238 valence electrons. The number of amides is 3. The summed E-state index contributed by atoms with van der Waals surface area (Å²) >= 11 is 0. The number of nitrogens with one attached hydrogen (secondary N) is 2. The second-order valence-corrected chi connectivity index (χ2v) is 14.7. The highest BCUT2D eigenvalue weighted by molar-refractivity contribution is 5.94. The Labute approximate surface area is 256 Å². The van der Waals surface area contributed by atoms with Crippen molar-refractivity contribution in [3.05, 3.63) is 35.9 Å². The number of hydrogen-bond donors (Lipinski definition) is 2. The predicted molar refractivity (Wildman–Crippen MR) is 164 cm³/mol. The molecule has 1 saturated heterocycles. The molecule has 2 saturated carbocycles. The van der Waals surface area contributed by atoms with Gasteiger partial charge in [0.25, 0.3) is 0 Å². The van der Waals surface area contributed by atoms with E-state index in [1.807, 2.05) is 71.9 Å². The van der Waals surface area contributed by atoms with Crippen LogP contribution in [-0.4, -0.2) is 59.0 Å². The van der Waals surface area contributed by atoms with Gasteiger partial charge in [0.15, 0.2) is 0 Å². The van der Waals surface area contributed by atoms with Crippen LogP contribution in [0.3, 0.4) is 0 Å². The van der Waals surface area contributed by atoms with Crippen LogP contribution in [0.5, 0.6) is 0 Å². The standard InChI is InChI=1S/C34H51N3O6/c1-33(2,3)28(30(39)37-20-24-18-13-19-25(24)27(37)31(40)43-34(4,5)6)36-29(38)26(23-16-11-8-12-17-23)35-32(41)42-21-22-14-9-7-10-15-22/h7,9-10,14-15,23-28H,8,11-13,16-21H2,1-6H3,(H,35,41)(H,36,38)/t24-,25-,26?,27-,28?/m0/s1. The zero-order valence-electron chi connectivity index (χ0n) is 26.8. The van der Waals surface area contributed by atoms with Crippen molar-refractivity contribution in [3.63, 3.8) is 0 Å². The molecule has 0 bridgehead atoms. The third-order valence-electron chi connectivity index (χ3n) is 9.11. The van der Waals surface area contributed by atoms with E-state index in [0.717, 1.165) is 56.9 Å². The molecule has 4 rings (SSSR count). The van der Waals surface area contributed by atoms with Crippen molar-refractivity contribution >= 4 is 23.9 Å². The molecule has 5 atom stereocenters. The normalized spacial score (nSPS) is 24.0. The van der Waals surface area contributed by atoms with Crippen LogP contribution < -0.4 is 10.6 Å². The summed E-state index contributed by atoms with van der Waals surface area (Å²) in [6.45, 7) is 11.8. The Kier molecular flexibility index (Phi) is 10.4. The minimum absolute atomic E-state index is 0.0607. The van der Waals surface area contributed by atoms with E-state index in [0.29, 0.717) is 6.54 Å². The van der Waals surface area contributed by atoms with Gasteiger partial charge in [-0.2, -0.15) is 0 Å². The maximum absolute atomic E-state index is 14.3. The first-order valence-corrected chi connectivity index (χ1v) is 16.1. The van der Waals surface area contributed by atoms with E-state index in [1.54, 1.807) is 4.90 Å². The lowest BCUT2D eigenvalue weighted by atomic mass is 9.82. The van der Waals surface area contributed by atoms with Gasteiger partial charge < -0.3 is 25.0 Å². The number of carbonyl (C=O) groups is 4. The van der Waals surface area contributed by atoms with Crippen LogP contribution in [-0.2, 0) is 30.5 Å². The highest BCUT2D eigenvalue weighted by atomic mass is 16.6. The number of benzene rings is 1. The summed E-state index contributed by atoms with van der Waals surface area (Å²) in [6, 6.07) is 6.99. The minimum atomic E-state index is -0.892. The van der Waals surface area contributed by atoms with Gasteiger partial charge in [0.1, 0.15) is 30.3 Å². The first-order chi connectivity index (χ1) is 20.2. The first kappa shape index (κ1) is 32.8. The van der Waals surface area contributed by atoms with E-state index in [-0.39, 0.29) is 36.2 Å². The highest BCUT2D eigenvalue weighted by Gasteiger charge is 2.53. The van der Waals surface area contributed by atoms with Gasteiger partial charge in [0, 0.05) is 6.54 Å². The molecular formula is C34H51N3O6. The lowest BCUT2D eigenvalue weighted by Gasteiger charge is -2.38. The number of carbonyl (C=O) groups excluding carboxylic acids is 4. The van der Waals surface area contributed by atoms with E-state index >= 15 is 0 Å². The Morgan fingerprint density at radius 2 is 1.56 bits per heavy atom. The molecule has 1 aliphatic heterocycles. The topological polar surface area (TPSA) is 114 Å². The average molecular weight is 598 g/mol. The van der Waals surface area contributed by atoms with Gasteiger partial charge in [-0.1, -0.05) is 76.8 Å². The molecule has 9 nitrogen and oxygen atoms in total. The fourth-order valence-corrected chi connectivity index (χ4v) is 7.00. The molecule has 3 fully saturated rings. The monoisotopic (exact) mass is 597 g/mol. The molecule has 0 aromatic heterocycles. The Morgan fingerprint density at radius 3 is 2.19 bits per heavy atom. The zero-order valence-corrected chi connectivity index (χ0v) is 26.8. The summed E-state index contributed by atoms with van der Waals surface area (Å²) in [4.78, 5) is 56.3. The number of alkyl carbamates (subject to hydrolysis) is 1. The van der Waals surface area contributed by atoms with Gasteiger partial charge in [-0.25, -0.2) is 9.59 Å². The molecule has 2 unspecified atom stereocenters. The molecule has 1 heterocycles. The maximum Gasteiger partial charge on any atom is 0.408 e. The zero-order chi connectivity index (χ0) is 31.4. The largest absolute Gasteiger partial charge is 0.458 e. The number of esters is 1. The summed E-state index contributed by atoms with van der Waals surface area (Å²) in [7, 11) is 0. The van der Waals surface area contributed by atoms with E-state index in [9.17, 15) is 19.2 Å². The lowest BCUT2D eigenvalue weighted by Crippen LogP contribution is -2.61. The third kappa shape index (κ3) is 8.51. The van der Waals surface area contributed by atoms with Crippen molar-refractivity contribution in [3.8, 4) is 0 Å². The SMILES string of the molecule is CC(C)(C)OC(=O)[C@@H]1[C@H]2CCC[C@H]2CN1C(=O)C(NC(=O)C(NC(=O)OCc1ccccc1)C1CCCCC1)C(C)(C)C. The summed E-state index contributed by atoms with van der Waals surface area (Å²) in [5.41, 5.74) is -0.466. The van der Waals surface area contributed by atoms with Crippen LogP contribution in [0.4, 0.5) is 4.79 Å². The van der Waals surface area contributed by atoms with E-state index < -0.39 is 41.1 Å². The lowest BCUT2D eigenvalue weighted by molar-refractivity contribution is -0.165. The van der Waals surface area contributed by atoms with Crippen LogP contribution in [0.1, 0.15) is 98.5 Å². The van der Waals surface area contributed by atoms with Crippen molar-refractivity contribution in [2.75, 3.05) is 6.54 Å². The van der Waals surface area contributed by atoms with Crippen molar-refractivity contribution < 1.29 is 28.7 Å². The van der Waals surface area contributed by atoms with Crippen LogP contribution in [0.15, 0.2) is 30.3 Å². The Balaban J connectivity index is 1.52. The van der Waals surface area contributed by atoms with E-state index in [2.05, 4.69) is 10.6 Å². The number of fused-ring (bicyclic) bond motifs is 1. The fraction of sp³-hybridized carbons (Fsp3) is 0.706. The van der Waals surface area contributed by atoms with Gasteiger partial charge in [-0.05, 0) is 75.2 Å². The summed E-state index contributed by atoms with van der Waals surface area (Å²) < 4.78 is 11.3. The Bertz CT molecular complexity index is 1140. The fourth-order valence-electron chi connectivity index (χ4n) is 7.00. The van der Waals surface area contributed by atoms with Crippen LogP contribution in [0.25, 0.3) is 0 Å². The van der Waals surface area contributed by atoms with Crippen molar-refractivity contribution in [2.45, 2.75) is 123 Å². The maximum atomic E-state index is 14.3. The number of likely N-dealkylation sites (tertiary alicyclic amines) is 1. The predicted octanol–water partition coefficient (Wildman–Crippen LogP) is 5.36. The molecule has 1 aromatic rings. The minimum Gasteiger partial charge on any atom is -0.458 e. The number of ether oxygens (including phenoxy) is 2. The number of hydrogen-bond acceptors (Lipinski definition) is 6. The summed E-state index contributed by atoms with van der Waals surface area (Å²) in [6.07, 6.45) is 6.88. The Morgan fingerprint density at radius 1 is 0.884 bits per heavy atom. The Hall–Kier alpha value is -3.10. The second-order valence-electron chi connectivity index (χ2n) is 14.7. The highest BCUT2D eigenvalue weighted by Crippen LogP contribution is 2.44. The average Bonchev–Trinajstić information content (AvgIpc) is 3.54. The van der Waals surface area contributed by atoms with E-state index in [1.165, 1.54) is 0 Å². The van der Waals surface area contributed by atoms with Gasteiger partial charge in [0.05, 0.1) is 0 Å². The third-order valence-corrected chi connectivity index (χ3v) is 9.11. The molecule has 3 amide bonds. The van der Waals surface area contributed by atoms with Gasteiger partial charge in [-0.3, -0.25) is 9.59 Å². The molecule has 0 spiro atoms. The van der Waals surface area contributed by atoms with Crippen LogP contribution in [0, 0.1) is 23.2 Å². The van der Waals surface area contributed by atoms with Gasteiger partial charge in [0.2, 0.25) is 11.8 Å². The molecule has 9 heteroatoms.